The molecule has 1 aliphatic rings. The van der Waals surface area contributed by atoms with E-state index < -0.39 is 0 Å². The van der Waals surface area contributed by atoms with Gasteiger partial charge in [0, 0.05) is 17.8 Å². The molecule has 1 saturated heterocycles. The van der Waals surface area contributed by atoms with Crippen LogP contribution in [0, 0.1) is 19.7 Å². The van der Waals surface area contributed by atoms with Gasteiger partial charge in [-0.1, -0.05) is 22.9 Å². The van der Waals surface area contributed by atoms with E-state index in [1.807, 2.05) is 32.0 Å². The summed E-state index contributed by atoms with van der Waals surface area (Å²) in [6.45, 7) is 4.61. The molecule has 1 aliphatic heterocycles. The van der Waals surface area contributed by atoms with Gasteiger partial charge in [-0.25, -0.2) is 9.18 Å². The van der Waals surface area contributed by atoms with Crippen molar-refractivity contribution in [2.45, 2.75) is 32.7 Å². The number of halogens is 1. The van der Waals surface area contributed by atoms with Crippen LogP contribution in [0.5, 0.6) is 0 Å². The summed E-state index contributed by atoms with van der Waals surface area (Å²) in [6, 6.07) is 11.4. The van der Waals surface area contributed by atoms with Gasteiger partial charge in [0.2, 0.25) is 11.7 Å². The maximum Gasteiger partial charge on any atom is 0.322 e. The number of hydrogen-bond acceptors (Lipinski definition) is 4. The molecule has 2 heterocycles. The standard InChI is InChI=1S/C21H21FN4O2/c1-13-5-10-17(14(2)12-13)23-21(27)26-11-3-4-18(26)20-24-19(25-28-20)15-6-8-16(22)9-7-15/h5-10,12,18H,3-4,11H2,1-2H3,(H,23,27)/t18-/m1/s1. The molecule has 6 nitrogen and oxygen atoms in total. The van der Waals surface area contributed by atoms with Gasteiger partial charge >= 0.3 is 6.03 Å². The molecule has 0 spiro atoms. The van der Waals surface area contributed by atoms with Crippen molar-refractivity contribution in [3.05, 3.63) is 65.3 Å². The molecule has 0 aliphatic carbocycles. The van der Waals surface area contributed by atoms with Crippen LogP contribution in [0.3, 0.4) is 0 Å². The van der Waals surface area contributed by atoms with Gasteiger partial charge in [-0.05, 0) is 62.6 Å². The van der Waals surface area contributed by atoms with E-state index >= 15 is 0 Å². The van der Waals surface area contributed by atoms with E-state index in [4.69, 9.17) is 4.52 Å². The molecule has 144 valence electrons. The first-order chi connectivity index (χ1) is 13.5. The van der Waals surface area contributed by atoms with Crippen LogP contribution in [0.25, 0.3) is 11.4 Å². The molecule has 1 atom stereocenters. The number of carbonyl (C=O) groups excluding carboxylic acids is 1. The normalized spacial score (nSPS) is 16.4. The fourth-order valence-corrected chi connectivity index (χ4v) is 3.49. The van der Waals surface area contributed by atoms with Crippen molar-refractivity contribution in [2.24, 2.45) is 0 Å². The predicted molar refractivity (Wildman–Crippen MR) is 103 cm³/mol. The van der Waals surface area contributed by atoms with Gasteiger partial charge in [0.15, 0.2) is 0 Å². The van der Waals surface area contributed by atoms with Crippen molar-refractivity contribution in [1.29, 1.82) is 0 Å². The van der Waals surface area contributed by atoms with Gasteiger partial charge in [0.05, 0.1) is 0 Å². The quantitative estimate of drug-likeness (QED) is 0.704. The SMILES string of the molecule is Cc1ccc(NC(=O)N2CCC[C@@H]2c2nc(-c3ccc(F)cc3)no2)c(C)c1. The summed E-state index contributed by atoms with van der Waals surface area (Å²) in [6.07, 6.45) is 1.62. The molecule has 1 N–H and O–H groups in total. The summed E-state index contributed by atoms with van der Waals surface area (Å²) in [5.41, 5.74) is 3.62. The van der Waals surface area contributed by atoms with Crippen LogP contribution in [0.4, 0.5) is 14.9 Å². The van der Waals surface area contributed by atoms with Crippen molar-refractivity contribution in [3.8, 4) is 11.4 Å². The minimum atomic E-state index is -0.322. The van der Waals surface area contributed by atoms with E-state index in [0.717, 1.165) is 29.7 Å². The average Bonchev–Trinajstić information content (AvgIpc) is 3.33. The Morgan fingerprint density at radius 1 is 1.21 bits per heavy atom. The van der Waals surface area contributed by atoms with Gasteiger partial charge in [0.1, 0.15) is 11.9 Å². The third kappa shape index (κ3) is 3.60. The zero-order valence-electron chi connectivity index (χ0n) is 15.8. The maximum absolute atomic E-state index is 13.1. The number of aryl methyl sites for hydroxylation is 2. The summed E-state index contributed by atoms with van der Waals surface area (Å²) in [5, 5.41) is 6.97. The maximum atomic E-state index is 13.1. The Morgan fingerprint density at radius 2 is 2.00 bits per heavy atom. The molecule has 1 fully saturated rings. The molecule has 4 rings (SSSR count). The molecular weight excluding hydrogens is 359 g/mol. The highest BCUT2D eigenvalue weighted by Gasteiger charge is 2.34. The molecule has 28 heavy (non-hydrogen) atoms. The Hall–Kier alpha value is -3.22. The summed E-state index contributed by atoms with van der Waals surface area (Å²) in [4.78, 5) is 19.0. The van der Waals surface area contributed by atoms with Crippen LogP contribution in [0.1, 0.15) is 35.9 Å². The van der Waals surface area contributed by atoms with Gasteiger partial charge in [-0.2, -0.15) is 4.98 Å². The number of anilines is 1. The number of aromatic nitrogens is 2. The number of benzene rings is 2. The first kappa shape index (κ1) is 18.2. The van der Waals surface area contributed by atoms with Gasteiger partial charge < -0.3 is 14.7 Å². The lowest BCUT2D eigenvalue weighted by molar-refractivity contribution is 0.193. The van der Waals surface area contributed by atoms with Gasteiger partial charge in [0.25, 0.3) is 0 Å². The molecule has 0 bridgehead atoms. The topological polar surface area (TPSA) is 71.3 Å². The molecular formula is C21H21FN4O2. The summed E-state index contributed by atoms with van der Waals surface area (Å²) in [7, 11) is 0. The molecule has 1 aromatic heterocycles. The van der Waals surface area contributed by atoms with Gasteiger partial charge in [-0.15, -0.1) is 0 Å². The van der Waals surface area contributed by atoms with E-state index in [9.17, 15) is 9.18 Å². The Kier molecular flexibility index (Phi) is 4.81. The number of nitrogens with one attached hydrogen (secondary N) is 1. The second-order valence-electron chi connectivity index (χ2n) is 7.06. The average molecular weight is 380 g/mol. The van der Waals surface area contributed by atoms with Gasteiger partial charge in [-0.3, -0.25) is 0 Å². The van der Waals surface area contributed by atoms with Crippen LogP contribution in [0.15, 0.2) is 47.0 Å². The summed E-state index contributed by atoms with van der Waals surface area (Å²) < 4.78 is 18.5. The lowest BCUT2D eigenvalue weighted by Crippen LogP contribution is -2.34. The lowest BCUT2D eigenvalue weighted by atomic mass is 10.1. The Labute approximate surface area is 162 Å². The minimum Gasteiger partial charge on any atom is -0.337 e. The van der Waals surface area contributed by atoms with E-state index in [1.54, 1.807) is 17.0 Å². The van der Waals surface area contributed by atoms with Crippen LogP contribution in [-0.2, 0) is 0 Å². The molecule has 0 unspecified atom stereocenters. The Balaban J connectivity index is 1.52. The third-order valence-electron chi connectivity index (χ3n) is 4.97. The van der Waals surface area contributed by atoms with E-state index in [-0.39, 0.29) is 17.9 Å². The zero-order valence-corrected chi connectivity index (χ0v) is 15.8. The van der Waals surface area contributed by atoms with E-state index in [2.05, 4.69) is 15.5 Å². The minimum absolute atomic E-state index is 0.184. The number of likely N-dealkylation sites (tertiary alicyclic amines) is 1. The Bertz CT molecular complexity index is 1000. The zero-order chi connectivity index (χ0) is 19.7. The molecule has 2 aromatic carbocycles. The van der Waals surface area contributed by atoms with Crippen LogP contribution >= 0.6 is 0 Å². The number of hydrogen-bond donors (Lipinski definition) is 1. The van der Waals surface area contributed by atoms with Crippen molar-refractivity contribution >= 4 is 11.7 Å². The number of amides is 2. The van der Waals surface area contributed by atoms with Crippen molar-refractivity contribution in [1.82, 2.24) is 15.0 Å². The fourth-order valence-electron chi connectivity index (χ4n) is 3.49. The van der Waals surface area contributed by atoms with Crippen molar-refractivity contribution in [3.63, 3.8) is 0 Å². The number of carbonyl (C=O) groups is 1. The number of urea groups is 1. The van der Waals surface area contributed by atoms with Crippen LogP contribution in [-0.4, -0.2) is 27.6 Å². The van der Waals surface area contributed by atoms with Crippen molar-refractivity contribution < 1.29 is 13.7 Å². The largest absolute Gasteiger partial charge is 0.337 e. The second kappa shape index (κ2) is 7.42. The molecule has 0 radical (unpaired) electrons. The highest BCUT2D eigenvalue weighted by molar-refractivity contribution is 5.90. The van der Waals surface area contributed by atoms with Crippen LogP contribution in [0.2, 0.25) is 0 Å². The first-order valence-electron chi connectivity index (χ1n) is 9.25. The predicted octanol–water partition coefficient (Wildman–Crippen LogP) is 4.86. The number of nitrogens with zero attached hydrogens (tertiary/aromatic N) is 3. The molecule has 3 aromatic rings. The molecule has 2 amide bonds. The lowest BCUT2D eigenvalue weighted by Gasteiger charge is -2.22. The van der Waals surface area contributed by atoms with Crippen LogP contribution < -0.4 is 5.32 Å². The highest BCUT2D eigenvalue weighted by Crippen LogP contribution is 2.32. The molecule has 0 saturated carbocycles. The highest BCUT2D eigenvalue weighted by atomic mass is 19.1. The van der Waals surface area contributed by atoms with Crippen molar-refractivity contribution in [2.75, 3.05) is 11.9 Å². The second-order valence-corrected chi connectivity index (χ2v) is 7.06. The summed E-state index contributed by atoms with van der Waals surface area (Å²) in [5.74, 6) is 0.460. The number of rotatable bonds is 3. The fraction of sp³-hybridized carbons (Fsp3) is 0.286. The first-order valence-corrected chi connectivity index (χ1v) is 9.25. The van der Waals surface area contributed by atoms with E-state index in [1.165, 1.54) is 12.1 Å². The molecule has 7 heteroatoms. The summed E-state index contributed by atoms with van der Waals surface area (Å²) >= 11 is 0. The Morgan fingerprint density at radius 3 is 2.75 bits per heavy atom. The monoisotopic (exact) mass is 380 g/mol. The smallest absolute Gasteiger partial charge is 0.322 e. The van der Waals surface area contributed by atoms with E-state index in [0.29, 0.717) is 23.8 Å². The third-order valence-corrected chi connectivity index (χ3v) is 4.97.